The molecule has 1 aliphatic rings. The highest BCUT2D eigenvalue weighted by atomic mass is 16.7. The van der Waals surface area contributed by atoms with Crippen molar-refractivity contribution in [2.24, 2.45) is 0 Å². The predicted molar refractivity (Wildman–Crippen MR) is 95.0 cm³/mol. The molecule has 1 aliphatic heterocycles. The Kier molecular flexibility index (Phi) is 5.56. The molecule has 2 aromatic carbocycles. The molecular weight excluding hydrogens is 318 g/mol. The van der Waals surface area contributed by atoms with Gasteiger partial charge in [0.1, 0.15) is 0 Å². The number of hydrogen-bond donors (Lipinski definition) is 0. The summed E-state index contributed by atoms with van der Waals surface area (Å²) in [5.74, 6) is 1.54. The maximum Gasteiger partial charge on any atom is 0.231 e. The fraction of sp³-hybridized carbons (Fsp3) is 0.350. The number of hydrogen-bond acceptors (Lipinski definition) is 4. The molecule has 5 nitrogen and oxygen atoms in total. The van der Waals surface area contributed by atoms with E-state index in [1.165, 1.54) is 0 Å². The number of amides is 1. The third-order valence-electron chi connectivity index (χ3n) is 4.44. The lowest BCUT2D eigenvalue weighted by Crippen LogP contribution is -2.31. The van der Waals surface area contributed by atoms with Crippen LogP contribution in [-0.2, 0) is 9.53 Å². The Hall–Kier alpha value is -2.53. The molecule has 0 aromatic heterocycles. The van der Waals surface area contributed by atoms with E-state index < -0.39 is 0 Å². The maximum absolute atomic E-state index is 12.7. The molecule has 1 atom stereocenters. The van der Waals surface area contributed by atoms with Gasteiger partial charge in [-0.25, -0.2) is 0 Å². The van der Waals surface area contributed by atoms with Crippen molar-refractivity contribution < 1.29 is 19.0 Å². The van der Waals surface area contributed by atoms with E-state index in [9.17, 15) is 4.79 Å². The van der Waals surface area contributed by atoms with Crippen LogP contribution in [0.5, 0.6) is 11.5 Å². The van der Waals surface area contributed by atoms with Crippen LogP contribution in [-0.4, -0.2) is 44.9 Å². The van der Waals surface area contributed by atoms with E-state index in [1.54, 1.807) is 12.0 Å². The molecule has 2 aromatic rings. The van der Waals surface area contributed by atoms with Gasteiger partial charge in [0.25, 0.3) is 0 Å². The average molecular weight is 341 g/mol. The number of carbonyl (C=O) groups excluding carboxylic acids is 1. The molecular formula is C20H23NO4. The zero-order valence-corrected chi connectivity index (χ0v) is 14.6. The predicted octanol–water partition coefficient (Wildman–Crippen LogP) is 3.04. The minimum Gasteiger partial charge on any atom is -0.454 e. The van der Waals surface area contributed by atoms with Crippen molar-refractivity contribution in [2.45, 2.75) is 12.3 Å². The van der Waals surface area contributed by atoms with Gasteiger partial charge < -0.3 is 19.1 Å². The number of nitrogens with zero attached hydrogens (tertiary/aromatic N) is 1. The molecule has 0 saturated carbocycles. The Bertz CT molecular complexity index is 717. The van der Waals surface area contributed by atoms with E-state index in [2.05, 4.69) is 12.1 Å². The van der Waals surface area contributed by atoms with Crippen molar-refractivity contribution in [3.63, 3.8) is 0 Å². The van der Waals surface area contributed by atoms with Crippen molar-refractivity contribution in [3.8, 4) is 11.5 Å². The Morgan fingerprint density at radius 1 is 1.12 bits per heavy atom. The lowest BCUT2D eigenvalue weighted by atomic mass is 9.88. The van der Waals surface area contributed by atoms with E-state index >= 15 is 0 Å². The van der Waals surface area contributed by atoms with Crippen LogP contribution in [0.4, 0.5) is 0 Å². The molecule has 132 valence electrons. The van der Waals surface area contributed by atoms with E-state index in [0.29, 0.717) is 19.6 Å². The van der Waals surface area contributed by atoms with Crippen molar-refractivity contribution in [1.29, 1.82) is 0 Å². The fourth-order valence-corrected chi connectivity index (χ4v) is 2.93. The van der Waals surface area contributed by atoms with E-state index in [-0.39, 0.29) is 18.6 Å². The first-order valence-electron chi connectivity index (χ1n) is 8.36. The van der Waals surface area contributed by atoms with Gasteiger partial charge in [0.15, 0.2) is 11.5 Å². The van der Waals surface area contributed by atoms with Crippen molar-refractivity contribution in [1.82, 2.24) is 4.90 Å². The van der Waals surface area contributed by atoms with Gasteiger partial charge in [-0.05, 0) is 23.3 Å². The zero-order valence-electron chi connectivity index (χ0n) is 14.6. The molecule has 1 amide bonds. The number of methoxy groups -OCH3 is 1. The highest BCUT2D eigenvalue weighted by Crippen LogP contribution is 2.37. The summed E-state index contributed by atoms with van der Waals surface area (Å²) in [6, 6.07) is 16.0. The van der Waals surface area contributed by atoms with Crippen LogP contribution in [0.15, 0.2) is 48.5 Å². The van der Waals surface area contributed by atoms with Crippen LogP contribution in [0.3, 0.4) is 0 Å². The number of likely N-dealkylation sites (N-methyl/N-ethyl adjacent to an activating group) is 1. The second-order valence-corrected chi connectivity index (χ2v) is 6.09. The van der Waals surface area contributed by atoms with Gasteiger partial charge in [0.2, 0.25) is 12.7 Å². The number of ether oxygens (including phenoxy) is 3. The summed E-state index contributed by atoms with van der Waals surface area (Å²) in [5, 5.41) is 0. The minimum absolute atomic E-state index is 0.0341. The molecule has 0 N–H and O–H groups in total. The first-order valence-corrected chi connectivity index (χ1v) is 8.36. The van der Waals surface area contributed by atoms with Crippen LogP contribution in [0.2, 0.25) is 0 Å². The Balaban J connectivity index is 1.85. The summed E-state index contributed by atoms with van der Waals surface area (Å²) < 4.78 is 16.0. The smallest absolute Gasteiger partial charge is 0.231 e. The topological polar surface area (TPSA) is 48.0 Å². The summed E-state index contributed by atoms with van der Waals surface area (Å²) in [5.41, 5.74) is 2.15. The number of benzene rings is 2. The number of fused-ring (bicyclic) bond motifs is 1. The standard InChI is InChI=1S/C20H23NO4/c1-21(10-11-23-2)20(22)13-17(15-6-4-3-5-7-15)16-8-9-18-19(12-16)25-14-24-18/h3-9,12,17H,10-11,13-14H2,1-2H3/t17-/m1/s1. The minimum atomic E-state index is -0.0341. The van der Waals surface area contributed by atoms with Crippen LogP contribution < -0.4 is 9.47 Å². The monoisotopic (exact) mass is 341 g/mol. The largest absolute Gasteiger partial charge is 0.454 e. The second-order valence-electron chi connectivity index (χ2n) is 6.09. The molecule has 0 unspecified atom stereocenters. The SMILES string of the molecule is COCCN(C)C(=O)C[C@H](c1ccccc1)c1ccc2c(c1)OCO2. The van der Waals surface area contributed by atoms with Crippen LogP contribution >= 0.6 is 0 Å². The molecule has 0 radical (unpaired) electrons. The highest BCUT2D eigenvalue weighted by molar-refractivity contribution is 5.77. The molecule has 0 fully saturated rings. The average Bonchev–Trinajstić information content (AvgIpc) is 3.12. The number of rotatable bonds is 7. The van der Waals surface area contributed by atoms with Crippen LogP contribution in [0.1, 0.15) is 23.5 Å². The third kappa shape index (κ3) is 4.12. The van der Waals surface area contributed by atoms with E-state index in [4.69, 9.17) is 14.2 Å². The zero-order chi connectivity index (χ0) is 17.6. The van der Waals surface area contributed by atoms with Gasteiger partial charge in [-0.3, -0.25) is 4.79 Å². The fourth-order valence-electron chi connectivity index (χ4n) is 2.93. The third-order valence-corrected chi connectivity index (χ3v) is 4.44. The molecule has 0 aliphatic carbocycles. The van der Waals surface area contributed by atoms with Gasteiger partial charge in [0, 0.05) is 33.0 Å². The van der Waals surface area contributed by atoms with Crippen molar-refractivity contribution >= 4 is 5.91 Å². The first-order chi connectivity index (χ1) is 12.2. The Morgan fingerprint density at radius 3 is 2.64 bits per heavy atom. The van der Waals surface area contributed by atoms with E-state index in [1.807, 2.05) is 43.4 Å². The Labute approximate surface area is 148 Å². The molecule has 5 heteroatoms. The van der Waals surface area contributed by atoms with Gasteiger partial charge >= 0.3 is 0 Å². The molecule has 3 rings (SSSR count). The van der Waals surface area contributed by atoms with Crippen LogP contribution in [0.25, 0.3) is 0 Å². The summed E-state index contributed by atoms with van der Waals surface area (Å²) in [7, 11) is 3.45. The van der Waals surface area contributed by atoms with Crippen molar-refractivity contribution in [3.05, 3.63) is 59.7 Å². The Morgan fingerprint density at radius 2 is 1.88 bits per heavy atom. The molecule has 0 spiro atoms. The summed E-state index contributed by atoms with van der Waals surface area (Å²) in [4.78, 5) is 14.4. The molecule has 25 heavy (non-hydrogen) atoms. The lowest BCUT2D eigenvalue weighted by molar-refractivity contribution is -0.130. The molecule has 0 saturated heterocycles. The normalized spacial score (nSPS) is 13.5. The second kappa shape index (κ2) is 8.03. The first kappa shape index (κ1) is 17.3. The van der Waals surface area contributed by atoms with Crippen molar-refractivity contribution in [2.75, 3.05) is 34.1 Å². The summed E-state index contributed by atoms with van der Waals surface area (Å²) in [6.45, 7) is 1.35. The summed E-state index contributed by atoms with van der Waals surface area (Å²) >= 11 is 0. The van der Waals surface area contributed by atoms with E-state index in [0.717, 1.165) is 22.6 Å². The number of carbonyl (C=O) groups is 1. The summed E-state index contributed by atoms with van der Waals surface area (Å²) in [6.07, 6.45) is 0.393. The lowest BCUT2D eigenvalue weighted by Gasteiger charge is -2.22. The van der Waals surface area contributed by atoms with Gasteiger partial charge in [-0.15, -0.1) is 0 Å². The van der Waals surface area contributed by atoms with Gasteiger partial charge in [0.05, 0.1) is 6.61 Å². The quantitative estimate of drug-likeness (QED) is 0.777. The molecule has 0 bridgehead atoms. The highest BCUT2D eigenvalue weighted by Gasteiger charge is 2.23. The van der Waals surface area contributed by atoms with Gasteiger partial charge in [-0.2, -0.15) is 0 Å². The van der Waals surface area contributed by atoms with Crippen LogP contribution in [0, 0.1) is 0 Å². The molecule has 1 heterocycles. The maximum atomic E-state index is 12.7. The van der Waals surface area contributed by atoms with Gasteiger partial charge in [-0.1, -0.05) is 36.4 Å².